The fourth-order valence-corrected chi connectivity index (χ4v) is 3.51. The van der Waals surface area contributed by atoms with Crippen molar-refractivity contribution in [3.05, 3.63) is 34.9 Å². The van der Waals surface area contributed by atoms with Gasteiger partial charge in [0.25, 0.3) is 0 Å². The molecule has 1 fully saturated rings. The Bertz CT molecular complexity index is 410. The van der Waals surface area contributed by atoms with E-state index in [9.17, 15) is 0 Å². The number of benzene rings is 1. The largest absolute Gasteiger partial charge is 0.329 e. The minimum absolute atomic E-state index is 0.323. The topological polar surface area (TPSA) is 29.3 Å². The molecular weight excluding hydrogens is 280 g/mol. The first-order valence-corrected chi connectivity index (χ1v) is 8.71. The van der Waals surface area contributed by atoms with Crippen LogP contribution in [0.15, 0.2) is 24.3 Å². The van der Waals surface area contributed by atoms with E-state index in [2.05, 4.69) is 30.9 Å². The summed E-state index contributed by atoms with van der Waals surface area (Å²) in [4.78, 5) is 2.66. The SMILES string of the molecule is CC(C)CCN(C1CCCC1)C(CN)c1ccc(Cl)cc1. The summed E-state index contributed by atoms with van der Waals surface area (Å²) in [7, 11) is 0. The van der Waals surface area contributed by atoms with E-state index >= 15 is 0 Å². The highest BCUT2D eigenvalue weighted by Crippen LogP contribution is 2.31. The molecule has 0 amide bonds. The third-order valence-electron chi connectivity index (χ3n) is 4.64. The molecule has 0 bridgehead atoms. The van der Waals surface area contributed by atoms with Crippen LogP contribution in [0.4, 0.5) is 0 Å². The molecule has 2 nitrogen and oxygen atoms in total. The van der Waals surface area contributed by atoms with E-state index in [0.717, 1.165) is 17.5 Å². The molecule has 0 saturated heterocycles. The molecule has 1 aromatic rings. The van der Waals surface area contributed by atoms with Gasteiger partial charge in [-0.1, -0.05) is 50.4 Å². The normalized spacial score (nSPS) is 17.8. The van der Waals surface area contributed by atoms with E-state index in [0.29, 0.717) is 18.6 Å². The van der Waals surface area contributed by atoms with Crippen LogP contribution in [0.2, 0.25) is 5.02 Å². The minimum Gasteiger partial charge on any atom is -0.329 e. The third-order valence-corrected chi connectivity index (χ3v) is 4.89. The molecule has 21 heavy (non-hydrogen) atoms. The summed E-state index contributed by atoms with van der Waals surface area (Å²) in [6.45, 7) is 6.42. The Morgan fingerprint density at radius 3 is 2.33 bits per heavy atom. The Morgan fingerprint density at radius 1 is 1.19 bits per heavy atom. The van der Waals surface area contributed by atoms with Crippen LogP contribution in [0.3, 0.4) is 0 Å². The lowest BCUT2D eigenvalue weighted by Crippen LogP contribution is -2.41. The molecule has 1 saturated carbocycles. The quantitative estimate of drug-likeness (QED) is 0.795. The van der Waals surface area contributed by atoms with Crippen molar-refractivity contribution in [2.45, 2.75) is 58.0 Å². The standard InChI is InChI=1S/C18H29ClN2/c1-14(2)11-12-21(17-5-3-4-6-17)18(13-20)15-7-9-16(19)10-8-15/h7-10,14,17-18H,3-6,11-13,20H2,1-2H3. The first-order chi connectivity index (χ1) is 10.1. The molecule has 1 aromatic carbocycles. The van der Waals surface area contributed by atoms with E-state index < -0.39 is 0 Å². The van der Waals surface area contributed by atoms with Crippen LogP contribution in [0.1, 0.15) is 57.6 Å². The van der Waals surface area contributed by atoms with Crippen LogP contribution in [0, 0.1) is 5.92 Å². The van der Waals surface area contributed by atoms with Crippen LogP contribution in [0.5, 0.6) is 0 Å². The summed E-state index contributed by atoms with van der Waals surface area (Å²) in [5.74, 6) is 0.734. The van der Waals surface area contributed by atoms with Crippen LogP contribution < -0.4 is 5.73 Å². The Labute approximate surface area is 134 Å². The highest BCUT2D eigenvalue weighted by molar-refractivity contribution is 6.30. The second kappa shape index (κ2) is 8.17. The number of nitrogens with two attached hydrogens (primary N) is 1. The smallest absolute Gasteiger partial charge is 0.0473 e. The summed E-state index contributed by atoms with van der Waals surface area (Å²) in [6, 6.07) is 9.26. The summed E-state index contributed by atoms with van der Waals surface area (Å²) in [6.07, 6.45) is 6.60. The van der Waals surface area contributed by atoms with Crippen molar-refractivity contribution in [3.63, 3.8) is 0 Å². The van der Waals surface area contributed by atoms with Gasteiger partial charge < -0.3 is 5.73 Å². The first kappa shape index (κ1) is 16.8. The number of hydrogen-bond donors (Lipinski definition) is 1. The fourth-order valence-electron chi connectivity index (χ4n) is 3.38. The number of nitrogens with zero attached hydrogens (tertiary/aromatic N) is 1. The van der Waals surface area contributed by atoms with Crippen molar-refractivity contribution in [1.82, 2.24) is 4.90 Å². The zero-order chi connectivity index (χ0) is 15.2. The van der Waals surface area contributed by atoms with Crippen LogP contribution >= 0.6 is 11.6 Å². The molecule has 1 aliphatic carbocycles. The van der Waals surface area contributed by atoms with Gasteiger partial charge in [0.1, 0.15) is 0 Å². The lowest BCUT2D eigenvalue weighted by atomic mass is 10.0. The van der Waals surface area contributed by atoms with Gasteiger partial charge in [0.05, 0.1) is 0 Å². The molecule has 118 valence electrons. The maximum atomic E-state index is 6.14. The first-order valence-electron chi connectivity index (χ1n) is 8.33. The summed E-state index contributed by atoms with van der Waals surface area (Å²) in [5.41, 5.74) is 7.45. The van der Waals surface area contributed by atoms with Gasteiger partial charge in [-0.25, -0.2) is 0 Å². The van der Waals surface area contributed by atoms with Crippen molar-refractivity contribution in [2.75, 3.05) is 13.1 Å². The molecule has 0 aliphatic heterocycles. The van der Waals surface area contributed by atoms with Gasteiger partial charge in [-0.2, -0.15) is 0 Å². The maximum Gasteiger partial charge on any atom is 0.0473 e. The third kappa shape index (κ3) is 4.70. The molecule has 2 rings (SSSR count). The summed E-state index contributed by atoms with van der Waals surface area (Å²) >= 11 is 6.02. The summed E-state index contributed by atoms with van der Waals surface area (Å²) < 4.78 is 0. The Balaban J connectivity index is 2.16. The molecule has 0 spiro atoms. The molecule has 0 radical (unpaired) electrons. The van der Waals surface area contributed by atoms with Crippen LogP contribution in [0.25, 0.3) is 0 Å². The molecule has 1 atom stereocenters. The van der Waals surface area contributed by atoms with E-state index in [1.54, 1.807) is 0 Å². The minimum atomic E-state index is 0.323. The molecule has 3 heteroatoms. The Morgan fingerprint density at radius 2 is 1.81 bits per heavy atom. The van der Waals surface area contributed by atoms with Crippen molar-refractivity contribution < 1.29 is 0 Å². The maximum absolute atomic E-state index is 6.14. The number of halogens is 1. The van der Waals surface area contributed by atoms with Gasteiger partial charge in [-0.3, -0.25) is 4.90 Å². The fraction of sp³-hybridized carbons (Fsp3) is 0.667. The predicted octanol–water partition coefficient (Wildman–Crippen LogP) is 4.63. The molecule has 1 aliphatic rings. The van der Waals surface area contributed by atoms with E-state index in [4.69, 9.17) is 17.3 Å². The van der Waals surface area contributed by atoms with E-state index in [1.807, 2.05) is 12.1 Å². The number of hydrogen-bond acceptors (Lipinski definition) is 2. The van der Waals surface area contributed by atoms with Gasteiger partial charge in [-0.15, -0.1) is 0 Å². The number of rotatable bonds is 7. The van der Waals surface area contributed by atoms with Crippen molar-refractivity contribution >= 4 is 11.6 Å². The molecule has 1 unspecified atom stereocenters. The summed E-state index contributed by atoms with van der Waals surface area (Å²) in [5, 5.41) is 0.795. The second-order valence-corrected chi connectivity index (χ2v) is 7.10. The zero-order valence-corrected chi connectivity index (χ0v) is 14.1. The zero-order valence-electron chi connectivity index (χ0n) is 13.4. The van der Waals surface area contributed by atoms with Crippen LogP contribution in [-0.4, -0.2) is 24.0 Å². The predicted molar refractivity (Wildman–Crippen MR) is 91.7 cm³/mol. The average Bonchev–Trinajstić information content (AvgIpc) is 2.98. The lowest BCUT2D eigenvalue weighted by molar-refractivity contribution is 0.131. The molecular formula is C18H29ClN2. The highest BCUT2D eigenvalue weighted by Gasteiger charge is 2.28. The Kier molecular flexibility index (Phi) is 6.53. The van der Waals surface area contributed by atoms with E-state index in [1.165, 1.54) is 37.7 Å². The molecule has 2 N–H and O–H groups in total. The lowest BCUT2D eigenvalue weighted by Gasteiger charge is -2.37. The van der Waals surface area contributed by atoms with Crippen molar-refractivity contribution in [3.8, 4) is 0 Å². The Hall–Kier alpha value is -0.570. The van der Waals surface area contributed by atoms with E-state index in [-0.39, 0.29) is 0 Å². The van der Waals surface area contributed by atoms with Crippen LogP contribution in [-0.2, 0) is 0 Å². The van der Waals surface area contributed by atoms with Gasteiger partial charge in [-0.05, 0) is 49.4 Å². The monoisotopic (exact) mass is 308 g/mol. The van der Waals surface area contributed by atoms with Crippen molar-refractivity contribution in [1.29, 1.82) is 0 Å². The van der Waals surface area contributed by atoms with Gasteiger partial charge in [0.2, 0.25) is 0 Å². The second-order valence-electron chi connectivity index (χ2n) is 6.66. The van der Waals surface area contributed by atoms with Gasteiger partial charge in [0.15, 0.2) is 0 Å². The highest BCUT2D eigenvalue weighted by atomic mass is 35.5. The van der Waals surface area contributed by atoms with Crippen molar-refractivity contribution in [2.24, 2.45) is 11.7 Å². The molecule has 0 aromatic heterocycles. The van der Waals surface area contributed by atoms with Gasteiger partial charge >= 0.3 is 0 Å². The molecule has 0 heterocycles. The average molecular weight is 309 g/mol. The van der Waals surface area contributed by atoms with Gasteiger partial charge in [0, 0.05) is 23.7 Å².